The number of pyridine rings is 1. The molecule has 9 nitrogen and oxygen atoms in total. The second kappa shape index (κ2) is 11.7. The van der Waals surface area contributed by atoms with Gasteiger partial charge in [0.25, 0.3) is 11.8 Å². The predicted molar refractivity (Wildman–Crippen MR) is 144 cm³/mol. The van der Waals surface area contributed by atoms with Crippen molar-refractivity contribution in [1.82, 2.24) is 25.0 Å². The molecular formula is C29H36N6O3. The zero-order valence-corrected chi connectivity index (χ0v) is 22.3. The van der Waals surface area contributed by atoms with Crippen molar-refractivity contribution in [2.45, 2.75) is 52.6 Å². The van der Waals surface area contributed by atoms with Crippen LogP contribution in [0.1, 0.15) is 55.2 Å². The van der Waals surface area contributed by atoms with Gasteiger partial charge in [0.2, 0.25) is 5.78 Å². The summed E-state index contributed by atoms with van der Waals surface area (Å²) in [6.07, 6.45) is 5.85. The summed E-state index contributed by atoms with van der Waals surface area (Å²) in [6.45, 7) is 9.71. The van der Waals surface area contributed by atoms with Crippen LogP contribution < -0.4 is 11.1 Å². The highest BCUT2D eigenvalue weighted by Gasteiger charge is 2.29. The summed E-state index contributed by atoms with van der Waals surface area (Å²) in [5, 5.41) is 7.37. The van der Waals surface area contributed by atoms with Gasteiger partial charge in [0.1, 0.15) is 6.04 Å². The lowest BCUT2D eigenvalue weighted by atomic mass is 9.75. The van der Waals surface area contributed by atoms with Crippen molar-refractivity contribution >= 4 is 17.6 Å². The number of benzene rings is 1. The molecule has 1 aliphatic heterocycles. The summed E-state index contributed by atoms with van der Waals surface area (Å²) in [7, 11) is 0. The Bertz CT molecular complexity index is 1270. The lowest BCUT2D eigenvalue weighted by Gasteiger charge is -2.38. The average molecular weight is 517 g/mol. The van der Waals surface area contributed by atoms with Crippen LogP contribution >= 0.6 is 0 Å². The van der Waals surface area contributed by atoms with Gasteiger partial charge in [-0.2, -0.15) is 5.10 Å². The lowest BCUT2D eigenvalue weighted by Crippen LogP contribution is -2.47. The van der Waals surface area contributed by atoms with Gasteiger partial charge in [-0.05, 0) is 61.0 Å². The number of hydrogen-bond acceptors (Lipinski definition) is 6. The monoisotopic (exact) mass is 516 g/mol. The number of likely N-dealkylation sites (tertiary alicyclic amines) is 1. The van der Waals surface area contributed by atoms with Crippen molar-refractivity contribution < 1.29 is 14.4 Å². The molecule has 3 N–H and O–H groups in total. The van der Waals surface area contributed by atoms with Crippen molar-refractivity contribution in [3.8, 4) is 5.82 Å². The summed E-state index contributed by atoms with van der Waals surface area (Å²) in [5.41, 5.74) is 7.51. The predicted octanol–water partition coefficient (Wildman–Crippen LogP) is 2.92. The van der Waals surface area contributed by atoms with E-state index in [0.29, 0.717) is 11.2 Å². The van der Waals surface area contributed by atoms with Gasteiger partial charge in [-0.3, -0.25) is 19.3 Å². The fraction of sp³-hybridized carbons (Fsp3) is 0.414. The minimum Gasteiger partial charge on any atom is -0.363 e. The highest BCUT2D eigenvalue weighted by molar-refractivity contribution is 6.38. The van der Waals surface area contributed by atoms with E-state index in [1.54, 1.807) is 29.2 Å². The fourth-order valence-corrected chi connectivity index (χ4v) is 4.97. The fourth-order valence-electron chi connectivity index (χ4n) is 4.97. The Kier molecular flexibility index (Phi) is 8.36. The molecule has 0 radical (unpaired) electrons. The third-order valence-electron chi connectivity index (χ3n) is 7.24. The number of carbonyl (C=O) groups excluding carboxylic acids is 3. The number of primary amides is 1. The molecule has 0 aliphatic carbocycles. The standard InChI is InChI=1S/C29H36N6O3/c1-29(2,3)21-11-15-34(16-12-21)19-22-13-17-35(33-22)27-23(10-7-14-31-27)28(38)32-24(25(36)26(30)37)18-20-8-5-4-6-9-20/h4-10,13-14,17,21,24H,11-12,15-16,18-19H2,1-3H3,(H2,30,37)(H,32,38). The summed E-state index contributed by atoms with van der Waals surface area (Å²) < 4.78 is 1.58. The molecule has 1 atom stereocenters. The molecule has 0 spiro atoms. The molecule has 38 heavy (non-hydrogen) atoms. The number of Topliss-reactive ketones (excluding diaryl/α,β-unsaturated/α-hetero) is 1. The number of carbonyl (C=O) groups is 3. The summed E-state index contributed by atoms with van der Waals surface area (Å²) in [5.74, 6) is -1.43. The number of rotatable bonds is 9. The maximum atomic E-state index is 13.3. The highest BCUT2D eigenvalue weighted by Crippen LogP contribution is 2.34. The molecule has 2 aromatic heterocycles. The number of ketones is 1. The maximum absolute atomic E-state index is 13.3. The molecule has 3 heterocycles. The van der Waals surface area contributed by atoms with E-state index in [-0.39, 0.29) is 12.0 Å². The third kappa shape index (κ3) is 6.72. The lowest BCUT2D eigenvalue weighted by molar-refractivity contribution is -0.137. The van der Waals surface area contributed by atoms with Crippen molar-refractivity contribution in [1.29, 1.82) is 0 Å². The number of piperidine rings is 1. The largest absolute Gasteiger partial charge is 0.363 e. The summed E-state index contributed by atoms with van der Waals surface area (Å²) in [4.78, 5) is 44.3. The van der Waals surface area contributed by atoms with Gasteiger partial charge < -0.3 is 11.1 Å². The van der Waals surface area contributed by atoms with E-state index >= 15 is 0 Å². The zero-order chi connectivity index (χ0) is 27.3. The van der Waals surface area contributed by atoms with E-state index in [4.69, 9.17) is 5.73 Å². The van der Waals surface area contributed by atoms with Crippen molar-refractivity contribution in [3.05, 3.63) is 77.7 Å². The minimum atomic E-state index is -1.10. The van der Waals surface area contributed by atoms with Crippen LogP contribution in [0.5, 0.6) is 0 Å². The Morgan fingerprint density at radius 2 is 1.76 bits per heavy atom. The summed E-state index contributed by atoms with van der Waals surface area (Å²) >= 11 is 0. The van der Waals surface area contributed by atoms with Crippen LogP contribution in [0.2, 0.25) is 0 Å². The van der Waals surface area contributed by atoms with E-state index in [9.17, 15) is 14.4 Å². The zero-order valence-electron chi connectivity index (χ0n) is 22.3. The second-order valence-electron chi connectivity index (χ2n) is 11.0. The topological polar surface area (TPSA) is 123 Å². The average Bonchev–Trinajstić information content (AvgIpc) is 3.36. The van der Waals surface area contributed by atoms with Crippen LogP contribution in [0.4, 0.5) is 0 Å². The first-order valence-corrected chi connectivity index (χ1v) is 13.0. The Labute approximate surface area is 223 Å². The number of aromatic nitrogens is 3. The van der Waals surface area contributed by atoms with E-state index in [1.807, 2.05) is 36.4 Å². The van der Waals surface area contributed by atoms with Crippen molar-refractivity contribution in [3.63, 3.8) is 0 Å². The first kappa shape index (κ1) is 27.2. The Balaban J connectivity index is 1.47. The normalized spacial score (nSPS) is 15.7. The Hall–Kier alpha value is -3.85. The molecule has 4 rings (SSSR count). The third-order valence-corrected chi connectivity index (χ3v) is 7.24. The number of nitrogens with zero attached hydrogens (tertiary/aromatic N) is 4. The molecule has 9 heteroatoms. The SMILES string of the molecule is CC(C)(C)C1CCN(Cc2ccn(-c3ncccc3C(=O)NC(Cc3ccccc3)C(=O)C(N)=O)n2)CC1. The van der Waals surface area contributed by atoms with Crippen molar-refractivity contribution in [2.75, 3.05) is 13.1 Å². The van der Waals surface area contributed by atoms with Crippen LogP contribution in [0.3, 0.4) is 0 Å². The van der Waals surface area contributed by atoms with Gasteiger partial charge in [0, 0.05) is 25.4 Å². The number of hydrogen-bond donors (Lipinski definition) is 2. The van der Waals surface area contributed by atoms with Gasteiger partial charge in [0.05, 0.1) is 11.3 Å². The second-order valence-corrected chi connectivity index (χ2v) is 11.0. The van der Waals surface area contributed by atoms with E-state index in [2.05, 4.69) is 41.1 Å². The molecule has 2 amide bonds. The van der Waals surface area contributed by atoms with E-state index in [0.717, 1.165) is 36.8 Å². The van der Waals surface area contributed by atoms with Gasteiger partial charge >= 0.3 is 0 Å². The molecule has 1 aromatic carbocycles. The Morgan fingerprint density at radius 3 is 2.42 bits per heavy atom. The smallest absolute Gasteiger partial charge is 0.287 e. The first-order valence-electron chi connectivity index (χ1n) is 13.0. The van der Waals surface area contributed by atoms with Crippen LogP contribution in [-0.4, -0.2) is 56.4 Å². The highest BCUT2D eigenvalue weighted by atomic mass is 16.2. The van der Waals surface area contributed by atoms with Gasteiger partial charge in [0.15, 0.2) is 5.82 Å². The maximum Gasteiger partial charge on any atom is 0.287 e. The van der Waals surface area contributed by atoms with Gasteiger partial charge in [-0.15, -0.1) is 0 Å². The molecular weight excluding hydrogens is 480 g/mol. The van der Waals surface area contributed by atoms with Gasteiger partial charge in [-0.25, -0.2) is 9.67 Å². The van der Waals surface area contributed by atoms with Crippen LogP contribution in [0.25, 0.3) is 5.82 Å². The molecule has 1 fully saturated rings. The molecule has 0 bridgehead atoms. The summed E-state index contributed by atoms with van der Waals surface area (Å²) in [6, 6.07) is 13.2. The number of amides is 2. The molecule has 1 saturated heterocycles. The quantitative estimate of drug-likeness (QED) is 0.422. The molecule has 1 unspecified atom stereocenters. The molecule has 1 aliphatic rings. The van der Waals surface area contributed by atoms with Crippen molar-refractivity contribution in [2.24, 2.45) is 17.1 Å². The first-order chi connectivity index (χ1) is 18.1. The van der Waals surface area contributed by atoms with Crippen LogP contribution in [0, 0.1) is 11.3 Å². The van der Waals surface area contributed by atoms with Crippen LogP contribution in [-0.2, 0) is 22.6 Å². The number of nitrogens with two attached hydrogens (primary N) is 1. The number of nitrogens with one attached hydrogen (secondary N) is 1. The van der Waals surface area contributed by atoms with Crippen LogP contribution in [0.15, 0.2) is 60.9 Å². The molecule has 0 saturated carbocycles. The van der Waals surface area contributed by atoms with E-state index < -0.39 is 23.6 Å². The minimum absolute atomic E-state index is 0.141. The molecule has 200 valence electrons. The Morgan fingerprint density at radius 1 is 1.05 bits per heavy atom. The molecule has 3 aromatic rings. The van der Waals surface area contributed by atoms with E-state index in [1.165, 1.54) is 12.8 Å². The van der Waals surface area contributed by atoms with Gasteiger partial charge in [-0.1, -0.05) is 51.1 Å².